The first kappa shape index (κ1) is 14.9. The second-order valence-electron chi connectivity index (χ2n) is 5.52. The van der Waals surface area contributed by atoms with Crippen LogP contribution in [0.25, 0.3) is 0 Å². The van der Waals surface area contributed by atoms with Crippen LogP contribution in [0, 0.1) is 0 Å². The molecule has 1 heterocycles. The fourth-order valence-corrected chi connectivity index (χ4v) is 2.63. The van der Waals surface area contributed by atoms with Gasteiger partial charge >= 0.3 is 0 Å². The Hall–Kier alpha value is -1.55. The minimum absolute atomic E-state index is 0.142. The van der Waals surface area contributed by atoms with Gasteiger partial charge in [0, 0.05) is 50.5 Å². The van der Waals surface area contributed by atoms with Gasteiger partial charge in [-0.1, -0.05) is 6.92 Å². The molecule has 20 heavy (non-hydrogen) atoms. The van der Waals surface area contributed by atoms with E-state index in [1.54, 1.807) is 0 Å². The van der Waals surface area contributed by atoms with E-state index in [2.05, 4.69) is 31.1 Å². The molecular weight excluding hydrogens is 250 g/mol. The molecule has 1 aromatic rings. The maximum Gasteiger partial charge on any atom is 0.254 e. The van der Waals surface area contributed by atoms with Gasteiger partial charge in [0.25, 0.3) is 5.91 Å². The number of piperazine rings is 1. The molecular formula is C16H25N3O. The van der Waals surface area contributed by atoms with Crippen LogP contribution in [0.1, 0.15) is 30.6 Å². The topological polar surface area (TPSA) is 35.6 Å². The van der Waals surface area contributed by atoms with Crippen LogP contribution in [-0.4, -0.2) is 50.1 Å². The highest BCUT2D eigenvalue weighted by Crippen LogP contribution is 2.16. The smallest absolute Gasteiger partial charge is 0.254 e. The van der Waals surface area contributed by atoms with Gasteiger partial charge in [-0.25, -0.2) is 0 Å². The number of hydrogen-bond donors (Lipinski definition) is 1. The van der Waals surface area contributed by atoms with Crippen molar-refractivity contribution in [3.05, 3.63) is 29.8 Å². The normalized spacial score (nSPS) is 18.9. The van der Waals surface area contributed by atoms with Gasteiger partial charge in [0.05, 0.1) is 0 Å². The average molecular weight is 275 g/mol. The molecule has 4 nitrogen and oxygen atoms in total. The molecule has 1 saturated heterocycles. The molecule has 4 heteroatoms. The molecule has 1 aliphatic heterocycles. The van der Waals surface area contributed by atoms with Crippen molar-refractivity contribution in [1.29, 1.82) is 0 Å². The molecule has 0 saturated carbocycles. The van der Waals surface area contributed by atoms with E-state index < -0.39 is 0 Å². The molecule has 1 N–H and O–H groups in total. The molecule has 0 radical (unpaired) electrons. The van der Waals surface area contributed by atoms with Crippen LogP contribution in [0.3, 0.4) is 0 Å². The SMILES string of the molecule is CCCN(C)c1ccc(C(=O)N2CCNCC2C)cc1. The van der Waals surface area contributed by atoms with Gasteiger partial charge in [-0.05, 0) is 37.6 Å². The first-order chi connectivity index (χ1) is 9.63. The van der Waals surface area contributed by atoms with Crippen molar-refractivity contribution >= 4 is 11.6 Å². The Labute approximate surface area is 121 Å². The molecule has 0 aliphatic carbocycles. The lowest BCUT2D eigenvalue weighted by Crippen LogP contribution is -2.52. The standard InChI is InChI=1S/C16H25N3O/c1-4-10-18(3)15-7-5-14(6-8-15)16(20)19-11-9-17-12-13(19)2/h5-8,13,17H,4,9-12H2,1-3H3. The van der Waals surface area contributed by atoms with E-state index in [1.165, 1.54) is 0 Å². The predicted molar refractivity (Wildman–Crippen MR) is 83.4 cm³/mol. The van der Waals surface area contributed by atoms with E-state index in [0.29, 0.717) is 0 Å². The number of anilines is 1. The van der Waals surface area contributed by atoms with Crippen molar-refractivity contribution in [3.63, 3.8) is 0 Å². The first-order valence-electron chi connectivity index (χ1n) is 7.46. The number of benzene rings is 1. The van der Waals surface area contributed by atoms with Gasteiger partial charge in [0.15, 0.2) is 0 Å². The number of nitrogens with one attached hydrogen (secondary N) is 1. The van der Waals surface area contributed by atoms with Crippen LogP contribution in [0.2, 0.25) is 0 Å². The molecule has 1 aromatic carbocycles. The quantitative estimate of drug-likeness (QED) is 0.912. The molecule has 1 fully saturated rings. The van der Waals surface area contributed by atoms with Crippen LogP contribution < -0.4 is 10.2 Å². The number of carbonyl (C=O) groups is 1. The number of nitrogens with zero attached hydrogens (tertiary/aromatic N) is 2. The Balaban J connectivity index is 2.07. The zero-order valence-electron chi connectivity index (χ0n) is 12.7. The summed E-state index contributed by atoms with van der Waals surface area (Å²) in [6.45, 7) is 7.84. The van der Waals surface area contributed by atoms with Crippen LogP contribution >= 0.6 is 0 Å². The monoisotopic (exact) mass is 275 g/mol. The summed E-state index contributed by atoms with van der Waals surface area (Å²) in [6.07, 6.45) is 1.12. The largest absolute Gasteiger partial charge is 0.375 e. The molecule has 2 rings (SSSR count). The van der Waals surface area contributed by atoms with Crippen LogP contribution in [0.4, 0.5) is 5.69 Å². The van der Waals surface area contributed by atoms with E-state index in [-0.39, 0.29) is 11.9 Å². The van der Waals surface area contributed by atoms with E-state index in [0.717, 1.165) is 43.9 Å². The second kappa shape index (κ2) is 6.75. The summed E-state index contributed by atoms with van der Waals surface area (Å²) >= 11 is 0. The highest BCUT2D eigenvalue weighted by molar-refractivity contribution is 5.94. The highest BCUT2D eigenvalue weighted by Gasteiger charge is 2.23. The minimum Gasteiger partial charge on any atom is -0.375 e. The molecule has 1 atom stereocenters. The number of rotatable bonds is 4. The maximum absolute atomic E-state index is 12.5. The van der Waals surface area contributed by atoms with Gasteiger partial charge in [-0.3, -0.25) is 4.79 Å². The van der Waals surface area contributed by atoms with Crippen LogP contribution in [0.15, 0.2) is 24.3 Å². The summed E-state index contributed by atoms with van der Waals surface area (Å²) < 4.78 is 0. The zero-order chi connectivity index (χ0) is 14.5. The minimum atomic E-state index is 0.142. The third-order valence-corrected chi connectivity index (χ3v) is 3.88. The molecule has 1 unspecified atom stereocenters. The molecule has 110 valence electrons. The van der Waals surface area contributed by atoms with Gasteiger partial charge in [0.1, 0.15) is 0 Å². The fraction of sp³-hybridized carbons (Fsp3) is 0.562. The average Bonchev–Trinajstić information content (AvgIpc) is 2.47. The summed E-state index contributed by atoms with van der Waals surface area (Å²) in [5, 5.41) is 3.31. The Kier molecular flexibility index (Phi) is 5.01. The van der Waals surface area contributed by atoms with Crippen molar-refractivity contribution in [1.82, 2.24) is 10.2 Å². The van der Waals surface area contributed by atoms with Crippen molar-refractivity contribution in [2.75, 3.05) is 38.1 Å². The van der Waals surface area contributed by atoms with Crippen molar-refractivity contribution < 1.29 is 4.79 Å². The second-order valence-corrected chi connectivity index (χ2v) is 5.52. The van der Waals surface area contributed by atoms with Gasteiger partial charge in [0.2, 0.25) is 0 Å². The van der Waals surface area contributed by atoms with Gasteiger partial charge in [-0.15, -0.1) is 0 Å². The Morgan fingerprint density at radius 2 is 2.10 bits per heavy atom. The lowest BCUT2D eigenvalue weighted by atomic mass is 10.1. The van der Waals surface area contributed by atoms with Gasteiger partial charge in [-0.2, -0.15) is 0 Å². The Morgan fingerprint density at radius 3 is 2.70 bits per heavy atom. The van der Waals surface area contributed by atoms with Crippen LogP contribution in [-0.2, 0) is 0 Å². The van der Waals surface area contributed by atoms with E-state index in [9.17, 15) is 4.79 Å². The summed E-state index contributed by atoms with van der Waals surface area (Å²) in [6, 6.07) is 8.22. The first-order valence-corrected chi connectivity index (χ1v) is 7.46. The summed E-state index contributed by atoms with van der Waals surface area (Å²) in [5.41, 5.74) is 1.95. The lowest BCUT2D eigenvalue weighted by Gasteiger charge is -2.34. The molecule has 1 amide bonds. The Bertz CT molecular complexity index is 444. The number of amides is 1. The fourth-order valence-electron chi connectivity index (χ4n) is 2.63. The third kappa shape index (κ3) is 3.31. The van der Waals surface area contributed by atoms with Crippen LogP contribution in [0.5, 0.6) is 0 Å². The molecule has 0 spiro atoms. The number of carbonyl (C=O) groups excluding carboxylic acids is 1. The molecule has 1 aliphatic rings. The van der Waals surface area contributed by atoms with E-state index in [4.69, 9.17) is 0 Å². The van der Waals surface area contributed by atoms with Crippen molar-refractivity contribution in [2.24, 2.45) is 0 Å². The predicted octanol–water partition coefficient (Wildman–Crippen LogP) is 1.97. The van der Waals surface area contributed by atoms with Gasteiger partial charge < -0.3 is 15.1 Å². The summed E-state index contributed by atoms with van der Waals surface area (Å²) in [4.78, 5) is 16.7. The lowest BCUT2D eigenvalue weighted by molar-refractivity contribution is 0.0656. The molecule has 0 bridgehead atoms. The number of hydrogen-bond acceptors (Lipinski definition) is 3. The summed E-state index contributed by atoms with van der Waals surface area (Å²) in [5.74, 6) is 0.142. The zero-order valence-corrected chi connectivity index (χ0v) is 12.7. The highest BCUT2D eigenvalue weighted by atomic mass is 16.2. The maximum atomic E-state index is 12.5. The van der Waals surface area contributed by atoms with Crippen molar-refractivity contribution in [3.8, 4) is 0 Å². The Morgan fingerprint density at radius 1 is 1.40 bits per heavy atom. The van der Waals surface area contributed by atoms with E-state index in [1.807, 2.05) is 29.2 Å². The van der Waals surface area contributed by atoms with E-state index >= 15 is 0 Å². The third-order valence-electron chi connectivity index (χ3n) is 3.88. The van der Waals surface area contributed by atoms with Crippen molar-refractivity contribution in [2.45, 2.75) is 26.3 Å². The molecule has 0 aromatic heterocycles. The summed E-state index contributed by atoms with van der Waals surface area (Å²) in [7, 11) is 2.08.